The molecule has 8 nitrogen and oxygen atoms in total. The number of benzene rings is 1. The van der Waals surface area contributed by atoms with E-state index < -0.39 is 6.10 Å². The predicted octanol–water partition coefficient (Wildman–Crippen LogP) is 1.74. The van der Waals surface area contributed by atoms with Gasteiger partial charge in [-0.15, -0.1) is 0 Å². The minimum Gasteiger partial charge on any atom is -0.491 e. The summed E-state index contributed by atoms with van der Waals surface area (Å²) in [5.41, 5.74) is 1.38. The second-order valence-corrected chi connectivity index (χ2v) is 8.53. The van der Waals surface area contributed by atoms with Crippen molar-refractivity contribution in [3.05, 3.63) is 46.5 Å². The molecule has 0 spiro atoms. The molecule has 30 heavy (non-hydrogen) atoms. The van der Waals surface area contributed by atoms with Gasteiger partial charge >= 0.3 is 0 Å². The lowest BCUT2D eigenvalue weighted by Crippen LogP contribution is -2.46. The molecule has 1 saturated heterocycles. The average molecular weight is 430 g/mol. The Labute approximate surface area is 179 Å². The van der Waals surface area contributed by atoms with Crippen LogP contribution in [0.25, 0.3) is 10.3 Å². The highest BCUT2D eigenvalue weighted by Gasteiger charge is 2.21. The predicted molar refractivity (Wildman–Crippen MR) is 119 cm³/mol. The lowest BCUT2D eigenvalue weighted by Gasteiger charge is -2.33. The molecule has 0 saturated carbocycles. The van der Waals surface area contributed by atoms with E-state index in [0.29, 0.717) is 16.1 Å². The Balaban J connectivity index is 1.43. The van der Waals surface area contributed by atoms with E-state index in [0.717, 1.165) is 43.4 Å². The lowest BCUT2D eigenvalue weighted by atomic mass is 10.2. The number of anilines is 1. The molecular formula is C21H27N5O3S. The standard InChI is InChI=1S/C21H27N5O3S/c1-3-24-7-9-25(10-8-24)21-23-19-18(30-21)20(28)26(14-22-19)12-16(27)13-29-17-6-4-5-15(2)11-17/h4-6,11,14,16,27H,3,7-10,12-13H2,1-2H3. The zero-order valence-corrected chi connectivity index (χ0v) is 18.1. The second kappa shape index (κ2) is 9.11. The zero-order chi connectivity index (χ0) is 21.1. The first-order valence-electron chi connectivity index (χ1n) is 10.2. The Morgan fingerprint density at radius 3 is 2.80 bits per heavy atom. The molecular weight excluding hydrogens is 402 g/mol. The summed E-state index contributed by atoms with van der Waals surface area (Å²) in [6, 6.07) is 7.64. The smallest absolute Gasteiger partial charge is 0.273 e. The summed E-state index contributed by atoms with van der Waals surface area (Å²) in [6.45, 7) is 9.22. The summed E-state index contributed by atoms with van der Waals surface area (Å²) in [5, 5.41) is 11.2. The van der Waals surface area contributed by atoms with Crippen molar-refractivity contribution in [3.63, 3.8) is 0 Å². The van der Waals surface area contributed by atoms with E-state index in [-0.39, 0.29) is 18.7 Å². The maximum Gasteiger partial charge on any atom is 0.273 e. The van der Waals surface area contributed by atoms with Crippen molar-refractivity contribution < 1.29 is 9.84 Å². The number of aliphatic hydroxyl groups is 1. The summed E-state index contributed by atoms with van der Waals surface area (Å²) in [6.07, 6.45) is 0.635. The van der Waals surface area contributed by atoms with Crippen LogP contribution in [0.3, 0.4) is 0 Å². The van der Waals surface area contributed by atoms with Gasteiger partial charge < -0.3 is 19.6 Å². The maximum atomic E-state index is 12.9. The molecule has 0 bridgehead atoms. The van der Waals surface area contributed by atoms with Gasteiger partial charge in [-0.3, -0.25) is 9.36 Å². The topological polar surface area (TPSA) is 83.7 Å². The fraction of sp³-hybridized carbons (Fsp3) is 0.476. The fourth-order valence-electron chi connectivity index (χ4n) is 3.53. The number of ether oxygens (including phenoxy) is 1. The van der Waals surface area contributed by atoms with Crippen LogP contribution >= 0.6 is 11.3 Å². The van der Waals surface area contributed by atoms with Crippen molar-refractivity contribution in [3.8, 4) is 5.75 Å². The van der Waals surface area contributed by atoms with Gasteiger partial charge in [-0.25, -0.2) is 4.98 Å². The molecule has 1 fully saturated rings. The molecule has 1 aliphatic heterocycles. The first-order chi connectivity index (χ1) is 14.5. The van der Waals surface area contributed by atoms with Gasteiger partial charge in [0.05, 0.1) is 6.54 Å². The molecule has 9 heteroatoms. The van der Waals surface area contributed by atoms with Gasteiger partial charge in [0.1, 0.15) is 29.5 Å². The van der Waals surface area contributed by atoms with E-state index in [2.05, 4.69) is 26.7 Å². The minimum atomic E-state index is -0.822. The third-order valence-corrected chi connectivity index (χ3v) is 6.40. The van der Waals surface area contributed by atoms with Gasteiger partial charge in [-0.1, -0.05) is 30.4 Å². The van der Waals surface area contributed by atoms with Gasteiger partial charge in [-0.2, -0.15) is 4.98 Å². The molecule has 1 atom stereocenters. The van der Waals surface area contributed by atoms with Gasteiger partial charge in [0, 0.05) is 26.2 Å². The number of hydrogen-bond donors (Lipinski definition) is 1. The van der Waals surface area contributed by atoms with E-state index >= 15 is 0 Å². The van der Waals surface area contributed by atoms with Gasteiger partial charge in [-0.05, 0) is 31.2 Å². The van der Waals surface area contributed by atoms with E-state index in [4.69, 9.17) is 4.74 Å². The van der Waals surface area contributed by atoms with Crippen LogP contribution in [0.1, 0.15) is 12.5 Å². The molecule has 2 aromatic heterocycles. The molecule has 0 radical (unpaired) electrons. The van der Waals surface area contributed by atoms with Crippen LogP contribution in [0.5, 0.6) is 5.75 Å². The van der Waals surface area contributed by atoms with E-state index in [9.17, 15) is 9.90 Å². The quantitative estimate of drug-likeness (QED) is 0.612. The number of aromatic nitrogens is 3. The first-order valence-corrected chi connectivity index (χ1v) is 11.1. The number of aryl methyl sites for hydroxylation is 1. The monoisotopic (exact) mass is 429 g/mol. The number of likely N-dealkylation sites (N-methyl/N-ethyl adjacent to an activating group) is 1. The molecule has 1 aliphatic rings. The van der Waals surface area contributed by atoms with Gasteiger partial charge in [0.2, 0.25) is 0 Å². The van der Waals surface area contributed by atoms with Crippen LogP contribution in [-0.2, 0) is 6.54 Å². The summed E-state index contributed by atoms with van der Waals surface area (Å²) in [7, 11) is 0. The molecule has 1 unspecified atom stereocenters. The third kappa shape index (κ3) is 4.63. The van der Waals surface area contributed by atoms with Crippen molar-refractivity contribution in [1.82, 2.24) is 19.4 Å². The number of fused-ring (bicyclic) bond motifs is 1. The number of piperazine rings is 1. The molecule has 3 aromatic rings. The second-order valence-electron chi connectivity index (χ2n) is 7.55. The van der Waals surface area contributed by atoms with Crippen LogP contribution < -0.4 is 15.2 Å². The van der Waals surface area contributed by atoms with Crippen LogP contribution in [0.4, 0.5) is 5.13 Å². The molecule has 0 amide bonds. The number of rotatable bonds is 7. The largest absolute Gasteiger partial charge is 0.491 e. The summed E-state index contributed by atoms with van der Waals surface area (Å²) >= 11 is 1.38. The summed E-state index contributed by atoms with van der Waals surface area (Å²) in [5.74, 6) is 0.699. The Morgan fingerprint density at radius 2 is 2.07 bits per heavy atom. The lowest BCUT2D eigenvalue weighted by molar-refractivity contribution is 0.0914. The SMILES string of the molecule is CCN1CCN(c2nc3ncn(CC(O)COc4cccc(C)c4)c(=O)c3s2)CC1. The highest BCUT2D eigenvalue weighted by molar-refractivity contribution is 7.22. The number of nitrogens with zero attached hydrogens (tertiary/aromatic N) is 5. The van der Waals surface area contributed by atoms with Crippen LogP contribution in [0.2, 0.25) is 0 Å². The van der Waals surface area contributed by atoms with E-state index in [1.165, 1.54) is 22.2 Å². The molecule has 4 rings (SSSR count). The Hall–Kier alpha value is -2.49. The number of thiazole rings is 1. The molecule has 0 aliphatic carbocycles. The van der Waals surface area contributed by atoms with Crippen molar-refractivity contribution in [2.45, 2.75) is 26.5 Å². The van der Waals surface area contributed by atoms with Crippen LogP contribution in [-0.4, -0.2) is 70.0 Å². The van der Waals surface area contributed by atoms with Crippen LogP contribution in [0, 0.1) is 6.92 Å². The number of hydrogen-bond acceptors (Lipinski definition) is 8. The Morgan fingerprint density at radius 1 is 1.27 bits per heavy atom. The highest BCUT2D eigenvalue weighted by atomic mass is 32.1. The zero-order valence-electron chi connectivity index (χ0n) is 17.3. The fourth-order valence-corrected chi connectivity index (χ4v) is 4.55. The molecule has 3 heterocycles. The Bertz CT molecular complexity index is 1060. The maximum absolute atomic E-state index is 12.9. The van der Waals surface area contributed by atoms with Crippen molar-refractivity contribution >= 4 is 26.8 Å². The van der Waals surface area contributed by atoms with Gasteiger partial charge in [0.15, 0.2) is 10.8 Å². The Kier molecular flexibility index (Phi) is 6.31. The summed E-state index contributed by atoms with van der Waals surface area (Å²) < 4.78 is 7.60. The average Bonchev–Trinajstić information content (AvgIpc) is 3.20. The van der Waals surface area contributed by atoms with E-state index in [1.54, 1.807) is 0 Å². The normalized spacial score (nSPS) is 16.2. The third-order valence-electron chi connectivity index (χ3n) is 5.30. The summed E-state index contributed by atoms with van der Waals surface area (Å²) in [4.78, 5) is 26.4. The van der Waals surface area contributed by atoms with Crippen molar-refractivity contribution in [2.24, 2.45) is 0 Å². The van der Waals surface area contributed by atoms with Gasteiger partial charge in [0.25, 0.3) is 5.56 Å². The minimum absolute atomic E-state index is 0.101. The van der Waals surface area contributed by atoms with Crippen molar-refractivity contribution in [2.75, 3.05) is 44.2 Å². The highest BCUT2D eigenvalue weighted by Crippen LogP contribution is 2.26. The molecule has 160 valence electrons. The van der Waals surface area contributed by atoms with Crippen LogP contribution in [0.15, 0.2) is 35.4 Å². The van der Waals surface area contributed by atoms with Crippen molar-refractivity contribution in [1.29, 1.82) is 0 Å². The molecule has 1 aromatic carbocycles. The molecule has 1 N–H and O–H groups in total. The first kappa shape index (κ1) is 20.8. The van der Waals surface area contributed by atoms with E-state index in [1.807, 2.05) is 31.2 Å². The number of aliphatic hydroxyl groups excluding tert-OH is 1.